The van der Waals surface area contributed by atoms with Crippen LogP contribution in [-0.4, -0.2) is 44.2 Å². The van der Waals surface area contributed by atoms with Crippen molar-refractivity contribution in [2.45, 2.75) is 37.0 Å². The predicted molar refractivity (Wildman–Crippen MR) is 66.8 cm³/mol. The maximum absolute atomic E-state index is 12.0. The van der Waals surface area contributed by atoms with Crippen LogP contribution in [0.1, 0.15) is 26.2 Å². The van der Waals surface area contributed by atoms with E-state index in [0.717, 1.165) is 0 Å². The van der Waals surface area contributed by atoms with Crippen molar-refractivity contribution in [3.8, 4) is 12.1 Å². The zero-order chi connectivity index (χ0) is 13.8. The van der Waals surface area contributed by atoms with E-state index in [-0.39, 0.29) is 6.42 Å². The molecule has 0 spiro atoms. The Kier molecular flexibility index (Phi) is 4.69. The van der Waals surface area contributed by atoms with E-state index in [0.29, 0.717) is 25.9 Å². The molecule has 1 N–H and O–H groups in total. The van der Waals surface area contributed by atoms with Gasteiger partial charge in [0.15, 0.2) is 5.25 Å². The van der Waals surface area contributed by atoms with E-state index in [9.17, 15) is 13.7 Å². The van der Waals surface area contributed by atoms with Crippen molar-refractivity contribution in [1.82, 2.24) is 9.62 Å². The highest BCUT2D eigenvalue weighted by molar-refractivity contribution is 7.90. The fraction of sp³-hybridized carbons (Fsp3) is 0.818. The van der Waals surface area contributed by atoms with Gasteiger partial charge in [0.05, 0.1) is 12.1 Å². The molecule has 0 radical (unpaired) electrons. The topological polar surface area (TPSA) is 97.0 Å². The van der Waals surface area contributed by atoms with Crippen LogP contribution in [0.15, 0.2) is 0 Å². The summed E-state index contributed by atoms with van der Waals surface area (Å²) in [7, 11) is -1.83. The van der Waals surface area contributed by atoms with Crippen LogP contribution in [0.2, 0.25) is 0 Å². The minimum Gasteiger partial charge on any atom is -0.306 e. The summed E-state index contributed by atoms with van der Waals surface area (Å²) < 4.78 is 26.5. The Morgan fingerprint density at radius 1 is 1.39 bits per heavy atom. The molecule has 0 amide bonds. The smallest absolute Gasteiger partial charge is 0.229 e. The molecule has 1 aliphatic heterocycles. The number of nitrogens with zero attached hydrogens (tertiary/aromatic N) is 3. The maximum Gasteiger partial charge on any atom is 0.229 e. The van der Waals surface area contributed by atoms with Gasteiger partial charge in [-0.15, -0.1) is 0 Å². The summed E-state index contributed by atoms with van der Waals surface area (Å²) in [5.74, 6) is 0. The van der Waals surface area contributed by atoms with Gasteiger partial charge in [-0.05, 0) is 26.3 Å². The van der Waals surface area contributed by atoms with Gasteiger partial charge in [0.1, 0.15) is 5.54 Å². The molecule has 1 fully saturated rings. The Hall–Kier alpha value is -1.15. The van der Waals surface area contributed by atoms with Gasteiger partial charge in [-0.1, -0.05) is 6.92 Å². The fourth-order valence-corrected chi connectivity index (χ4v) is 3.47. The van der Waals surface area contributed by atoms with Crippen molar-refractivity contribution in [3.05, 3.63) is 0 Å². The molecule has 1 heterocycles. The SMILES string of the molecule is CCC(C#N)S(=O)(=O)NC1(C#N)CCN(C)CC1. The Morgan fingerprint density at radius 3 is 2.33 bits per heavy atom. The molecule has 18 heavy (non-hydrogen) atoms. The van der Waals surface area contributed by atoms with E-state index >= 15 is 0 Å². The molecule has 1 rings (SSSR count). The predicted octanol–water partition coefficient (Wildman–Crippen LogP) is 0.196. The molecule has 1 saturated heterocycles. The zero-order valence-electron chi connectivity index (χ0n) is 10.7. The number of hydrogen-bond acceptors (Lipinski definition) is 5. The number of piperidine rings is 1. The van der Waals surface area contributed by atoms with E-state index in [1.54, 1.807) is 13.0 Å². The molecule has 0 aliphatic carbocycles. The molecule has 0 aromatic heterocycles. The number of hydrogen-bond donors (Lipinski definition) is 1. The lowest BCUT2D eigenvalue weighted by Crippen LogP contribution is -2.55. The first-order valence-corrected chi connectivity index (χ1v) is 7.46. The third kappa shape index (κ3) is 3.20. The van der Waals surface area contributed by atoms with Gasteiger partial charge in [-0.25, -0.2) is 8.42 Å². The van der Waals surface area contributed by atoms with Gasteiger partial charge in [0, 0.05) is 13.1 Å². The summed E-state index contributed by atoms with van der Waals surface area (Å²) in [5.41, 5.74) is -1.06. The lowest BCUT2D eigenvalue weighted by Gasteiger charge is -2.36. The van der Waals surface area contributed by atoms with Crippen molar-refractivity contribution < 1.29 is 8.42 Å². The highest BCUT2D eigenvalue weighted by atomic mass is 32.2. The monoisotopic (exact) mass is 270 g/mol. The summed E-state index contributed by atoms with van der Waals surface area (Å²) in [4.78, 5) is 2.05. The Morgan fingerprint density at radius 2 is 1.94 bits per heavy atom. The van der Waals surface area contributed by atoms with Gasteiger partial charge >= 0.3 is 0 Å². The lowest BCUT2D eigenvalue weighted by molar-refractivity contribution is 0.213. The van der Waals surface area contributed by atoms with Crippen LogP contribution in [-0.2, 0) is 10.0 Å². The fourth-order valence-electron chi connectivity index (χ4n) is 1.96. The van der Waals surface area contributed by atoms with E-state index in [4.69, 9.17) is 5.26 Å². The number of nitrogens with one attached hydrogen (secondary N) is 1. The van der Waals surface area contributed by atoms with Crippen molar-refractivity contribution in [1.29, 1.82) is 10.5 Å². The van der Waals surface area contributed by atoms with E-state index < -0.39 is 20.8 Å². The van der Waals surface area contributed by atoms with Crippen LogP contribution in [0.4, 0.5) is 0 Å². The minimum atomic E-state index is -3.76. The molecule has 1 unspecified atom stereocenters. The molecular formula is C11H18N4O2S. The second-order valence-electron chi connectivity index (χ2n) is 4.67. The largest absolute Gasteiger partial charge is 0.306 e. The molecular weight excluding hydrogens is 252 g/mol. The molecule has 1 aliphatic rings. The molecule has 0 saturated carbocycles. The van der Waals surface area contributed by atoms with Crippen LogP contribution in [0.3, 0.4) is 0 Å². The maximum atomic E-state index is 12.0. The van der Waals surface area contributed by atoms with Crippen molar-refractivity contribution in [3.63, 3.8) is 0 Å². The van der Waals surface area contributed by atoms with Crippen LogP contribution in [0.5, 0.6) is 0 Å². The molecule has 0 bridgehead atoms. The zero-order valence-corrected chi connectivity index (χ0v) is 11.5. The first-order valence-electron chi connectivity index (χ1n) is 5.91. The Labute approximate surface area is 108 Å². The normalized spacial score (nSPS) is 21.8. The van der Waals surface area contributed by atoms with Crippen LogP contribution >= 0.6 is 0 Å². The van der Waals surface area contributed by atoms with Crippen molar-refractivity contribution >= 4 is 10.0 Å². The average molecular weight is 270 g/mol. The van der Waals surface area contributed by atoms with Crippen LogP contribution < -0.4 is 4.72 Å². The first-order chi connectivity index (χ1) is 8.39. The third-order valence-corrected chi connectivity index (χ3v) is 5.14. The second kappa shape index (κ2) is 5.66. The summed E-state index contributed by atoms with van der Waals surface area (Å²) in [5, 5.41) is 17.0. The van der Waals surface area contributed by atoms with Gasteiger partial charge in [-0.3, -0.25) is 0 Å². The Balaban J connectivity index is 2.88. The van der Waals surface area contributed by atoms with Gasteiger partial charge in [0.2, 0.25) is 10.0 Å². The molecule has 100 valence electrons. The standard InChI is InChI=1S/C11H18N4O2S/c1-3-10(8-12)18(16,17)14-11(9-13)4-6-15(2)7-5-11/h10,14H,3-7H2,1-2H3. The molecule has 1 atom stereocenters. The summed E-state index contributed by atoms with van der Waals surface area (Å²) >= 11 is 0. The molecule has 6 nitrogen and oxygen atoms in total. The first kappa shape index (κ1) is 14.9. The number of rotatable bonds is 4. The second-order valence-corrected chi connectivity index (χ2v) is 6.53. The quantitative estimate of drug-likeness (QED) is 0.787. The summed E-state index contributed by atoms with van der Waals surface area (Å²) in [6, 6.07) is 3.83. The number of nitriles is 2. The van der Waals surface area contributed by atoms with Crippen LogP contribution in [0, 0.1) is 22.7 Å². The molecule has 0 aromatic carbocycles. The number of sulfonamides is 1. The van der Waals surface area contributed by atoms with E-state index in [1.165, 1.54) is 0 Å². The summed E-state index contributed by atoms with van der Waals surface area (Å²) in [6.07, 6.45) is 1.11. The highest BCUT2D eigenvalue weighted by Crippen LogP contribution is 2.23. The lowest BCUT2D eigenvalue weighted by atomic mass is 9.91. The molecule has 0 aromatic rings. The van der Waals surface area contributed by atoms with E-state index in [2.05, 4.69) is 10.8 Å². The van der Waals surface area contributed by atoms with Gasteiger partial charge in [-0.2, -0.15) is 15.2 Å². The number of likely N-dealkylation sites (tertiary alicyclic amines) is 1. The van der Waals surface area contributed by atoms with Crippen LogP contribution in [0.25, 0.3) is 0 Å². The Bertz CT molecular complexity index is 466. The van der Waals surface area contributed by atoms with Crippen molar-refractivity contribution in [2.75, 3.05) is 20.1 Å². The summed E-state index contributed by atoms with van der Waals surface area (Å²) in [6.45, 7) is 2.97. The van der Waals surface area contributed by atoms with Gasteiger partial charge in [0.25, 0.3) is 0 Å². The van der Waals surface area contributed by atoms with E-state index in [1.807, 2.05) is 11.9 Å². The minimum absolute atomic E-state index is 0.216. The molecule has 7 heteroatoms. The van der Waals surface area contributed by atoms with Crippen molar-refractivity contribution in [2.24, 2.45) is 0 Å². The van der Waals surface area contributed by atoms with Gasteiger partial charge < -0.3 is 4.90 Å². The highest BCUT2D eigenvalue weighted by Gasteiger charge is 2.39. The third-order valence-electron chi connectivity index (χ3n) is 3.28. The average Bonchev–Trinajstić information content (AvgIpc) is 2.33.